The van der Waals surface area contributed by atoms with Crippen LogP contribution in [0.3, 0.4) is 0 Å². The Hall–Kier alpha value is -0.0400. The van der Waals surface area contributed by atoms with Crippen LogP contribution in [-0.4, -0.2) is 13.1 Å². The van der Waals surface area contributed by atoms with E-state index in [0.29, 0.717) is 6.04 Å². The molecule has 0 rings (SSSR count). The normalized spacial score (nSPS) is 13.2. The van der Waals surface area contributed by atoms with Gasteiger partial charge in [-0.15, -0.1) is 0 Å². The fourth-order valence-electron chi connectivity index (χ4n) is 1.55. The van der Waals surface area contributed by atoms with Crippen molar-refractivity contribution in [2.24, 2.45) is 0 Å². The standard InChI is InChI=1S/C12H27N/c1-4-5-6-7-8-9-10-11-12(2)13-3/h12-13H,4-11H2,1-3H3. The number of hydrogen-bond donors (Lipinski definition) is 1. The fourth-order valence-corrected chi connectivity index (χ4v) is 1.55. The second kappa shape index (κ2) is 10.0. The Morgan fingerprint density at radius 3 is 2.00 bits per heavy atom. The first-order chi connectivity index (χ1) is 6.31. The van der Waals surface area contributed by atoms with Crippen molar-refractivity contribution in [3.63, 3.8) is 0 Å². The van der Waals surface area contributed by atoms with E-state index in [9.17, 15) is 0 Å². The number of unbranched alkanes of at least 4 members (excludes halogenated alkanes) is 6. The summed E-state index contributed by atoms with van der Waals surface area (Å²) in [6.45, 7) is 4.53. The third kappa shape index (κ3) is 9.88. The number of rotatable bonds is 9. The molecule has 0 aromatic rings. The Balaban J connectivity index is 2.91. The average Bonchev–Trinajstić information content (AvgIpc) is 2.16. The predicted molar refractivity (Wildman–Crippen MR) is 61.1 cm³/mol. The zero-order valence-corrected chi connectivity index (χ0v) is 9.73. The summed E-state index contributed by atoms with van der Waals surface area (Å²) >= 11 is 0. The minimum Gasteiger partial charge on any atom is -0.317 e. The molecule has 0 saturated carbocycles. The maximum absolute atomic E-state index is 3.28. The molecule has 0 aliphatic heterocycles. The molecule has 1 unspecified atom stereocenters. The molecule has 0 aliphatic rings. The van der Waals surface area contributed by atoms with Crippen molar-refractivity contribution in [1.82, 2.24) is 5.32 Å². The van der Waals surface area contributed by atoms with Gasteiger partial charge in [-0.05, 0) is 20.4 Å². The Kier molecular flexibility index (Phi) is 10.0. The molecule has 1 N–H and O–H groups in total. The van der Waals surface area contributed by atoms with Crippen molar-refractivity contribution in [2.45, 2.75) is 71.3 Å². The molecule has 0 spiro atoms. The summed E-state index contributed by atoms with van der Waals surface area (Å²) in [6, 6.07) is 0.704. The van der Waals surface area contributed by atoms with E-state index in [1.165, 1.54) is 51.4 Å². The van der Waals surface area contributed by atoms with E-state index in [4.69, 9.17) is 0 Å². The lowest BCUT2D eigenvalue weighted by molar-refractivity contribution is 0.506. The molecule has 0 aromatic heterocycles. The molecule has 0 amide bonds. The molecule has 0 heterocycles. The molecular weight excluding hydrogens is 158 g/mol. The summed E-state index contributed by atoms with van der Waals surface area (Å²) in [4.78, 5) is 0. The lowest BCUT2D eigenvalue weighted by atomic mass is 10.1. The molecule has 0 fully saturated rings. The Bertz CT molecular complexity index is 91.1. The fraction of sp³-hybridized carbons (Fsp3) is 1.00. The van der Waals surface area contributed by atoms with Gasteiger partial charge in [-0.1, -0.05) is 51.9 Å². The molecule has 1 nitrogen and oxygen atoms in total. The van der Waals surface area contributed by atoms with Crippen molar-refractivity contribution in [1.29, 1.82) is 0 Å². The van der Waals surface area contributed by atoms with Crippen LogP contribution in [-0.2, 0) is 0 Å². The van der Waals surface area contributed by atoms with Crippen LogP contribution < -0.4 is 5.32 Å². The van der Waals surface area contributed by atoms with Crippen molar-refractivity contribution in [2.75, 3.05) is 7.05 Å². The highest BCUT2D eigenvalue weighted by Gasteiger charge is 1.96. The van der Waals surface area contributed by atoms with Crippen LogP contribution in [0, 0.1) is 0 Å². The maximum Gasteiger partial charge on any atom is 0.00357 e. The predicted octanol–water partition coefficient (Wildman–Crippen LogP) is 3.74. The highest BCUT2D eigenvalue weighted by Crippen LogP contribution is 2.09. The average molecular weight is 185 g/mol. The summed E-state index contributed by atoms with van der Waals surface area (Å²) in [5.74, 6) is 0. The maximum atomic E-state index is 3.28. The van der Waals surface area contributed by atoms with Gasteiger partial charge in [0.15, 0.2) is 0 Å². The third-order valence-corrected chi connectivity index (χ3v) is 2.73. The largest absolute Gasteiger partial charge is 0.317 e. The van der Waals surface area contributed by atoms with Crippen molar-refractivity contribution in [3.8, 4) is 0 Å². The third-order valence-electron chi connectivity index (χ3n) is 2.73. The van der Waals surface area contributed by atoms with Crippen LogP contribution in [0.1, 0.15) is 65.2 Å². The van der Waals surface area contributed by atoms with Gasteiger partial charge in [0, 0.05) is 6.04 Å². The summed E-state index contributed by atoms with van der Waals surface area (Å²) in [5.41, 5.74) is 0. The first-order valence-electron chi connectivity index (χ1n) is 5.98. The lowest BCUT2D eigenvalue weighted by Gasteiger charge is -2.08. The summed E-state index contributed by atoms with van der Waals surface area (Å²) in [5, 5.41) is 3.28. The number of hydrogen-bond acceptors (Lipinski definition) is 1. The Morgan fingerprint density at radius 1 is 0.923 bits per heavy atom. The summed E-state index contributed by atoms with van der Waals surface area (Å²) in [6.07, 6.45) is 11.3. The van der Waals surface area contributed by atoms with E-state index in [-0.39, 0.29) is 0 Å². The van der Waals surface area contributed by atoms with Gasteiger partial charge in [0.05, 0.1) is 0 Å². The Labute approximate surface area is 84.3 Å². The van der Waals surface area contributed by atoms with Gasteiger partial charge in [-0.2, -0.15) is 0 Å². The molecule has 80 valence electrons. The van der Waals surface area contributed by atoms with Gasteiger partial charge in [0.1, 0.15) is 0 Å². The first kappa shape index (κ1) is 13.0. The van der Waals surface area contributed by atoms with Gasteiger partial charge in [-0.25, -0.2) is 0 Å². The minimum absolute atomic E-state index is 0.704. The molecule has 0 aliphatic carbocycles. The highest BCUT2D eigenvalue weighted by atomic mass is 14.8. The number of nitrogens with one attached hydrogen (secondary N) is 1. The smallest absolute Gasteiger partial charge is 0.00357 e. The van der Waals surface area contributed by atoms with Crippen LogP contribution in [0.4, 0.5) is 0 Å². The second-order valence-electron chi connectivity index (χ2n) is 4.10. The zero-order chi connectivity index (χ0) is 9.94. The van der Waals surface area contributed by atoms with E-state index in [1.54, 1.807) is 0 Å². The highest BCUT2D eigenvalue weighted by molar-refractivity contribution is 4.56. The summed E-state index contributed by atoms with van der Waals surface area (Å²) in [7, 11) is 2.05. The first-order valence-corrected chi connectivity index (χ1v) is 5.98. The topological polar surface area (TPSA) is 12.0 Å². The van der Waals surface area contributed by atoms with Crippen molar-refractivity contribution >= 4 is 0 Å². The molecule has 1 atom stereocenters. The minimum atomic E-state index is 0.704. The molecule has 1 heteroatoms. The zero-order valence-electron chi connectivity index (χ0n) is 9.73. The van der Waals surface area contributed by atoms with Gasteiger partial charge >= 0.3 is 0 Å². The van der Waals surface area contributed by atoms with Gasteiger partial charge in [0.2, 0.25) is 0 Å². The van der Waals surface area contributed by atoms with Gasteiger partial charge in [-0.3, -0.25) is 0 Å². The lowest BCUT2D eigenvalue weighted by Crippen LogP contribution is -2.20. The van der Waals surface area contributed by atoms with Gasteiger partial charge < -0.3 is 5.32 Å². The van der Waals surface area contributed by atoms with Crippen molar-refractivity contribution in [3.05, 3.63) is 0 Å². The molecule has 0 radical (unpaired) electrons. The van der Waals surface area contributed by atoms with E-state index >= 15 is 0 Å². The Morgan fingerprint density at radius 2 is 1.46 bits per heavy atom. The molecule has 13 heavy (non-hydrogen) atoms. The van der Waals surface area contributed by atoms with Crippen molar-refractivity contribution < 1.29 is 0 Å². The van der Waals surface area contributed by atoms with Crippen LogP contribution in [0.2, 0.25) is 0 Å². The van der Waals surface area contributed by atoms with E-state index < -0.39 is 0 Å². The van der Waals surface area contributed by atoms with Gasteiger partial charge in [0.25, 0.3) is 0 Å². The van der Waals surface area contributed by atoms with E-state index in [1.807, 2.05) is 7.05 Å². The molecule has 0 bridgehead atoms. The summed E-state index contributed by atoms with van der Waals surface area (Å²) < 4.78 is 0. The van der Waals surface area contributed by atoms with Crippen LogP contribution in [0.15, 0.2) is 0 Å². The molecule has 0 aromatic carbocycles. The van der Waals surface area contributed by atoms with Crippen LogP contribution in [0.5, 0.6) is 0 Å². The SMILES string of the molecule is CCCCCCCCCC(C)NC. The van der Waals surface area contributed by atoms with Crippen LogP contribution in [0.25, 0.3) is 0 Å². The second-order valence-corrected chi connectivity index (χ2v) is 4.10. The molecule has 0 saturated heterocycles. The quantitative estimate of drug-likeness (QED) is 0.540. The van der Waals surface area contributed by atoms with Crippen LogP contribution >= 0.6 is 0 Å². The monoisotopic (exact) mass is 185 g/mol. The van der Waals surface area contributed by atoms with E-state index in [2.05, 4.69) is 19.2 Å². The van der Waals surface area contributed by atoms with E-state index in [0.717, 1.165) is 0 Å². The molecular formula is C12H27N.